The van der Waals surface area contributed by atoms with Gasteiger partial charge in [-0.25, -0.2) is 9.97 Å². The van der Waals surface area contributed by atoms with E-state index in [0.717, 1.165) is 11.3 Å². The van der Waals surface area contributed by atoms with Gasteiger partial charge < -0.3 is 5.11 Å². The second-order valence-corrected chi connectivity index (χ2v) is 5.77. The molecule has 2 rings (SSSR count). The average Bonchev–Trinajstić information content (AvgIpc) is 2.82. The number of aromatic nitrogens is 2. The van der Waals surface area contributed by atoms with Crippen LogP contribution in [0.15, 0.2) is 11.6 Å². The number of thiazole rings is 1. The fourth-order valence-electron chi connectivity index (χ4n) is 1.36. The zero-order valence-corrected chi connectivity index (χ0v) is 13.1. The molecule has 2 aromatic heterocycles. The van der Waals surface area contributed by atoms with Gasteiger partial charge in [-0.15, -0.1) is 11.3 Å². The van der Waals surface area contributed by atoms with Gasteiger partial charge in [-0.1, -0.05) is 34.8 Å². The van der Waals surface area contributed by atoms with Gasteiger partial charge in [0.2, 0.25) is 0 Å². The molecule has 0 radical (unpaired) electrons. The monoisotopic (exact) mass is 365 g/mol. The third kappa shape index (κ3) is 3.82. The van der Waals surface area contributed by atoms with Crippen molar-refractivity contribution in [3.05, 3.63) is 38.0 Å². The predicted molar refractivity (Wildman–Crippen MR) is 80.7 cm³/mol. The highest BCUT2D eigenvalue weighted by Crippen LogP contribution is 2.31. The number of hydrogen-bond donors (Lipinski definition) is 2. The van der Waals surface area contributed by atoms with Crippen molar-refractivity contribution in [2.45, 2.75) is 6.42 Å². The summed E-state index contributed by atoms with van der Waals surface area (Å²) in [6, 6.07) is 0. The van der Waals surface area contributed by atoms with E-state index >= 15 is 0 Å². The van der Waals surface area contributed by atoms with Crippen molar-refractivity contribution < 1.29 is 14.7 Å². The first kappa shape index (κ1) is 16.0. The lowest BCUT2D eigenvalue weighted by atomic mass is 10.3. The molecular formula is C11H6Cl3N3O3S. The van der Waals surface area contributed by atoms with Gasteiger partial charge in [-0.2, -0.15) is 0 Å². The number of aliphatic carboxylic acids is 1. The summed E-state index contributed by atoms with van der Waals surface area (Å²) in [6.45, 7) is 0. The Balaban J connectivity index is 2.17. The third-order valence-corrected chi connectivity index (χ3v) is 4.28. The van der Waals surface area contributed by atoms with E-state index in [1.54, 1.807) is 0 Å². The fraction of sp³-hybridized carbons (Fsp3) is 0.0909. The number of rotatable bonds is 4. The van der Waals surface area contributed by atoms with Crippen molar-refractivity contribution in [2.75, 3.05) is 5.32 Å². The molecule has 0 aliphatic heterocycles. The van der Waals surface area contributed by atoms with Gasteiger partial charge in [-0.3, -0.25) is 14.9 Å². The van der Waals surface area contributed by atoms with E-state index in [2.05, 4.69) is 15.3 Å². The second-order valence-electron chi connectivity index (χ2n) is 3.75. The van der Waals surface area contributed by atoms with Gasteiger partial charge in [-0.05, 0) is 0 Å². The average molecular weight is 367 g/mol. The van der Waals surface area contributed by atoms with Gasteiger partial charge in [0.1, 0.15) is 5.69 Å². The number of carboxylic acid groups (broad SMARTS) is 1. The minimum atomic E-state index is -1.01. The van der Waals surface area contributed by atoms with Gasteiger partial charge in [0.05, 0.1) is 27.2 Å². The molecule has 6 nitrogen and oxygen atoms in total. The molecule has 2 heterocycles. The lowest BCUT2D eigenvalue weighted by molar-refractivity contribution is -0.136. The van der Waals surface area contributed by atoms with Crippen molar-refractivity contribution in [1.29, 1.82) is 0 Å². The Morgan fingerprint density at radius 1 is 1.29 bits per heavy atom. The smallest absolute Gasteiger partial charge is 0.309 e. The first-order valence-corrected chi connectivity index (χ1v) is 7.37. The summed E-state index contributed by atoms with van der Waals surface area (Å²) >= 11 is 18.5. The Kier molecular flexibility index (Phi) is 5.00. The Labute approximate surface area is 137 Å². The van der Waals surface area contributed by atoms with E-state index in [1.807, 2.05) is 0 Å². The van der Waals surface area contributed by atoms with Gasteiger partial charge >= 0.3 is 5.97 Å². The van der Waals surface area contributed by atoms with Crippen LogP contribution in [0.1, 0.15) is 16.2 Å². The summed E-state index contributed by atoms with van der Waals surface area (Å²) in [7, 11) is 0. The highest BCUT2D eigenvalue weighted by Gasteiger charge is 2.18. The molecule has 2 aromatic rings. The molecule has 21 heavy (non-hydrogen) atoms. The summed E-state index contributed by atoms with van der Waals surface area (Å²) in [5, 5.41) is 13.0. The molecule has 0 unspecified atom stereocenters. The number of carboxylic acids is 1. The lowest BCUT2D eigenvalue weighted by Gasteiger charge is -2.05. The summed E-state index contributed by atoms with van der Waals surface area (Å²) in [5.74, 6) is -1.62. The van der Waals surface area contributed by atoms with Gasteiger partial charge in [0.15, 0.2) is 5.13 Å². The van der Waals surface area contributed by atoms with E-state index in [0.29, 0.717) is 5.69 Å². The normalized spacial score (nSPS) is 10.4. The van der Waals surface area contributed by atoms with Crippen LogP contribution in [0.25, 0.3) is 0 Å². The molecule has 1 amide bonds. The molecule has 0 saturated heterocycles. The summed E-state index contributed by atoms with van der Waals surface area (Å²) in [6.07, 6.45) is 0.987. The Hall–Kier alpha value is -1.41. The molecule has 0 fully saturated rings. The van der Waals surface area contributed by atoms with Gasteiger partial charge in [0.25, 0.3) is 5.91 Å². The lowest BCUT2D eigenvalue weighted by Crippen LogP contribution is -2.14. The molecule has 0 aliphatic rings. The van der Waals surface area contributed by atoms with Crippen LogP contribution >= 0.6 is 46.1 Å². The number of halogens is 3. The van der Waals surface area contributed by atoms with Crippen LogP contribution in [0.3, 0.4) is 0 Å². The summed E-state index contributed by atoms with van der Waals surface area (Å²) in [4.78, 5) is 30.4. The van der Waals surface area contributed by atoms with Crippen LogP contribution in [0.4, 0.5) is 5.13 Å². The molecule has 0 spiro atoms. The van der Waals surface area contributed by atoms with Gasteiger partial charge in [0, 0.05) is 11.6 Å². The maximum Gasteiger partial charge on any atom is 0.309 e. The highest BCUT2D eigenvalue weighted by atomic mass is 35.5. The van der Waals surface area contributed by atoms with Crippen molar-refractivity contribution in [3.63, 3.8) is 0 Å². The number of nitrogens with one attached hydrogen (secondary N) is 1. The van der Waals surface area contributed by atoms with Crippen LogP contribution < -0.4 is 5.32 Å². The zero-order chi connectivity index (χ0) is 15.6. The molecule has 0 saturated carbocycles. The van der Waals surface area contributed by atoms with E-state index in [4.69, 9.17) is 39.9 Å². The number of nitrogens with zero attached hydrogens (tertiary/aromatic N) is 2. The molecule has 0 bridgehead atoms. The van der Waals surface area contributed by atoms with Crippen molar-refractivity contribution in [1.82, 2.24) is 9.97 Å². The number of pyridine rings is 1. The SMILES string of the molecule is O=C(O)Cc1csc(NC(=O)c2ncc(Cl)c(Cl)c2Cl)n1. The minimum absolute atomic E-state index is 0.0317. The first-order valence-electron chi connectivity index (χ1n) is 5.35. The number of carbonyl (C=O) groups excluding carboxylic acids is 1. The van der Waals surface area contributed by atoms with Crippen molar-refractivity contribution in [3.8, 4) is 0 Å². The Bertz CT molecular complexity index is 720. The van der Waals surface area contributed by atoms with E-state index in [-0.39, 0.29) is 32.3 Å². The standard InChI is InChI=1S/C11H6Cl3N3O3S/c12-5-2-15-9(8(14)7(5)13)10(20)17-11-16-4(3-21-11)1-6(18)19/h2-3H,1H2,(H,18,19)(H,16,17,20). The molecule has 0 aliphatic carbocycles. The highest BCUT2D eigenvalue weighted by molar-refractivity contribution is 7.14. The maximum absolute atomic E-state index is 12.0. The molecule has 0 aromatic carbocycles. The maximum atomic E-state index is 12.0. The number of amides is 1. The van der Waals surface area contributed by atoms with Crippen molar-refractivity contribution >= 4 is 63.1 Å². The number of carbonyl (C=O) groups is 2. The first-order chi connectivity index (χ1) is 9.88. The zero-order valence-electron chi connectivity index (χ0n) is 10.1. The summed E-state index contributed by atoms with van der Waals surface area (Å²) < 4.78 is 0. The Morgan fingerprint density at radius 3 is 2.67 bits per heavy atom. The largest absolute Gasteiger partial charge is 0.481 e. The molecule has 2 N–H and O–H groups in total. The fourth-order valence-corrected chi connectivity index (χ4v) is 2.63. The predicted octanol–water partition coefficient (Wildman–Crippen LogP) is 3.38. The molecule has 10 heteroatoms. The Morgan fingerprint density at radius 2 is 2.00 bits per heavy atom. The van der Waals surface area contributed by atoms with Crippen LogP contribution in [0.2, 0.25) is 15.1 Å². The third-order valence-electron chi connectivity index (χ3n) is 2.24. The topological polar surface area (TPSA) is 92.2 Å². The van der Waals surface area contributed by atoms with Crippen LogP contribution in [-0.2, 0) is 11.2 Å². The molecule has 110 valence electrons. The van der Waals surface area contributed by atoms with Crippen LogP contribution in [0.5, 0.6) is 0 Å². The second kappa shape index (κ2) is 6.57. The summed E-state index contributed by atoms with van der Waals surface area (Å²) in [5.41, 5.74) is 0.247. The van der Waals surface area contributed by atoms with E-state index in [9.17, 15) is 9.59 Å². The number of anilines is 1. The van der Waals surface area contributed by atoms with Crippen molar-refractivity contribution in [2.24, 2.45) is 0 Å². The minimum Gasteiger partial charge on any atom is -0.481 e. The molecule has 0 atom stereocenters. The van der Waals surface area contributed by atoms with Crippen LogP contribution in [-0.4, -0.2) is 27.0 Å². The number of hydrogen-bond acceptors (Lipinski definition) is 5. The molecular weight excluding hydrogens is 361 g/mol. The van der Waals surface area contributed by atoms with Crippen LogP contribution in [0, 0.1) is 0 Å². The van der Waals surface area contributed by atoms with E-state index < -0.39 is 11.9 Å². The quantitative estimate of drug-likeness (QED) is 0.865. The van der Waals surface area contributed by atoms with E-state index in [1.165, 1.54) is 11.6 Å².